The average molecular weight is 586 g/mol. The number of amides is 1. The molecule has 1 aromatic heterocycles. The molecule has 0 aliphatic carbocycles. The summed E-state index contributed by atoms with van der Waals surface area (Å²) in [5.74, 6) is -1.20. The Morgan fingerprint density at radius 1 is 0.923 bits per heavy atom. The van der Waals surface area contributed by atoms with Crippen molar-refractivity contribution in [3.8, 4) is 17.0 Å². The van der Waals surface area contributed by atoms with E-state index in [2.05, 4.69) is 15.0 Å². The van der Waals surface area contributed by atoms with Crippen LogP contribution in [0.2, 0.25) is 10.0 Å². The number of carbonyl (C=O) groups is 2. The molecule has 39 heavy (non-hydrogen) atoms. The predicted molar refractivity (Wildman–Crippen MR) is 148 cm³/mol. The number of halogens is 2. The van der Waals surface area contributed by atoms with Crippen molar-refractivity contribution >= 4 is 50.8 Å². The van der Waals surface area contributed by atoms with Crippen molar-refractivity contribution < 1.29 is 27.9 Å². The quantitative estimate of drug-likeness (QED) is 0.213. The van der Waals surface area contributed by atoms with Crippen molar-refractivity contribution in [2.75, 3.05) is 18.5 Å². The maximum Gasteiger partial charge on any atom is 0.335 e. The lowest BCUT2D eigenvalue weighted by atomic mass is 10.1. The average Bonchev–Trinajstić information content (AvgIpc) is 2.92. The fourth-order valence-corrected chi connectivity index (χ4v) is 5.07. The van der Waals surface area contributed by atoms with E-state index in [0.717, 1.165) is 0 Å². The Balaban J connectivity index is 1.38. The minimum Gasteiger partial charge on any atom is -0.492 e. The highest BCUT2D eigenvalue weighted by Gasteiger charge is 2.18. The number of sulfonamides is 1. The molecule has 0 unspecified atom stereocenters. The summed E-state index contributed by atoms with van der Waals surface area (Å²) in [7, 11) is -3.94. The van der Waals surface area contributed by atoms with E-state index in [-0.39, 0.29) is 34.2 Å². The van der Waals surface area contributed by atoms with Crippen LogP contribution in [0.25, 0.3) is 11.3 Å². The van der Waals surface area contributed by atoms with Crippen LogP contribution in [0.3, 0.4) is 0 Å². The van der Waals surface area contributed by atoms with Crippen molar-refractivity contribution in [3.63, 3.8) is 0 Å². The zero-order valence-corrected chi connectivity index (χ0v) is 22.4. The number of rotatable bonds is 10. The molecule has 0 radical (unpaired) electrons. The van der Waals surface area contributed by atoms with Crippen molar-refractivity contribution in [1.29, 1.82) is 0 Å². The number of pyridine rings is 1. The Hall–Kier alpha value is -3.96. The van der Waals surface area contributed by atoms with Gasteiger partial charge in [-0.25, -0.2) is 17.9 Å². The summed E-state index contributed by atoms with van der Waals surface area (Å²) < 4.78 is 33.2. The molecule has 0 atom stereocenters. The summed E-state index contributed by atoms with van der Waals surface area (Å²) >= 11 is 12.6. The molecular weight excluding hydrogens is 565 g/mol. The molecule has 9 nitrogen and oxygen atoms in total. The maximum absolute atomic E-state index is 12.9. The van der Waals surface area contributed by atoms with E-state index < -0.39 is 21.9 Å². The SMILES string of the molecule is O=C(O)c1ccc(OCCNS(=O)(=O)c2ccc(C(=O)Nc3ccc(Cl)c(-c4ccccn4)c3)c(Cl)c2)cc1. The van der Waals surface area contributed by atoms with Crippen molar-refractivity contribution in [2.24, 2.45) is 0 Å². The van der Waals surface area contributed by atoms with E-state index in [1.165, 1.54) is 42.5 Å². The van der Waals surface area contributed by atoms with Gasteiger partial charge in [0.2, 0.25) is 10.0 Å². The highest BCUT2D eigenvalue weighted by atomic mass is 35.5. The zero-order chi connectivity index (χ0) is 28.0. The third-order valence-electron chi connectivity index (χ3n) is 5.42. The number of hydrogen-bond donors (Lipinski definition) is 3. The molecular formula is C27H21Cl2N3O6S. The van der Waals surface area contributed by atoms with Gasteiger partial charge in [-0.1, -0.05) is 29.3 Å². The largest absolute Gasteiger partial charge is 0.492 e. The van der Waals surface area contributed by atoms with Crippen LogP contribution in [0.1, 0.15) is 20.7 Å². The van der Waals surface area contributed by atoms with Crippen LogP contribution < -0.4 is 14.8 Å². The van der Waals surface area contributed by atoms with E-state index >= 15 is 0 Å². The number of carboxylic acids is 1. The van der Waals surface area contributed by atoms with E-state index in [0.29, 0.717) is 27.7 Å². The molecule has 200 valence electrons. The first-order chi connectivity index (χ1) is 18.6. The fraction of sp³-hybridized carbons (Fsp3) is 0.0741. The number of aromatic nitrogens is 1. The van der Waals surface area contributed by atoms with E-state index in [1.807, 2.05) is 6.07 Å². The molecule has 3 aromatic carbocycles. The molecule has 0 saturated carbocycles. The van der Waals surface area contributed by atoms with Gasteiger partial charge >= 0.3 is 5.97 Å². The Bertz CT molecular complexity index is 1610. The Kier molecular flexibility index (Phi) is 8.82. The van der Waals surface area contributed by atoms with Gasteiger partial charge in [0, 0.05) is 24.0 Å². The second kappa shape index (κ2) is 12.3. The summed E-state index contributed by atoms with van der Waals surface area (Å²) in [5.41, 5.74) is 1.92. The molecule has 0 fully saturated rings. The summed E-state index contributed by atoms with van der Waals surface area (Å²) in [4.78, 5) is 27.9. The molecule has 1 amide bonds. The third-order valence-corrected chi connectivity index (χ3v) is 7.53. The smallest absolute Gasteiger partial charge is 0.335 e. The molecule has 0 saturated heterocycles. The number of ether oxygens (including phenoxy) is 1. The first-order valence-electron chi connectivity index (χ1n) is 11.4. The first kappa shape index (κ1) is 28.1. The van der Waals surface area contributed by atoms with Gasteiger partial charge < -0.3 is 15.2 Å². The predicted octanol–water partition coefficient (Wildman–Crippen LogP) is 5.36. The van der Waals surface area contributed by atoms with Gasteiger partial charge in [0.15, 0.2) is 0 Å². The lowest BCUT2D eigenvalue weighted by molar-refractivity contribution is 0.0696. The van der Waals surface area contributed by atoms with Crippen LogP contribution in [0.15, 0.2) is 90.0 Å². The molecule has 1 heterocycles. The molecule has 0 aliphatic heterocycles. The van der Waals surface area contributed by atoms with Crippen molar-refractivity contribution in [1.82, 2.24) is 9.71 Å². The number of nitrogens with one attached hydrogen (secondary N) is 2. The molecule has 4 aromatic rings. The van der Waals surface area contributed by atoms with Gasteiger partial charge in [0.05, 0.1) is 31.8 Å². The number of aromatic carboxylic acids is 1. The van der Waals surface area contributed by atoms with Gasteiger partial charge in [-0.15, -0.1) is 0 Å². The second-order valence-corrected chi connectivity index (χ2v) is 10.7. The van der Waals surface area contributed by atoms with Crippen LogP contribution in [0.4, 0.5) is 5.69 Å². The molecule has 0 bridgehead atoms. The van der Waals surface area contributed by atoms with E-state index in [1.54, 1.807) is 36.5 Å². The van der Waals surface area contributed by atoms with Gasteiger partial charge in [0.1, 0.15) is 12.4 Å². The Labute approximate surface area is 234 Å². The number of hydrogen-bond acceptors (Lipinski definition) is 6. The monoisotopic (exact) mass is 585 g/mol. The number of benzene rings is 3. The van der Waals surface area contributed by atoms with Crippen molar-refractivity contribution in [3.05, 3.63) is 106 Å². The summed E-state index contributed by atoms with van der Waals surface area (Å²) in [6.45, 7) is -0.0561. The van der Waals surface area contributed by atoms with E-state index in [9.17, 15) is 18.0 Å². The molecule has 4 rings (SSSR count). The Morgan fingerprint density at radius 2 is 1.69 bits per heavy atom. The number of carboxylic acid groups (broad SMARTS) is 1. The lowest BCUT2D eigenvalue weighted by Gasteiger charge is -2.12. The normalized spacial score (nSPS) is 11.1. The van der Waals surface area contributed by atoms with Crippen LogP contribution in [0, 0.1) is 0 Å². The van der Waals surface area contributed by atoms with Crippen LogP contribution in [0.5, 0.6) is 5.75 Å². The van der Waals surface area contributed by atoms with E-state index in [4.69, 9.17) is 33.0 Å². The molecule has 3 N–H and O–H groups in total. The number of carbonyl (C=O) groups excluding carboxylic acids is 1. The minimum absolute atomic E-state index is 0.00144. The van der Waals surface area contributed by atoms with Crippen molar-refractivity contribution in [2.45, 2.75) is 4.90 Å². The molecule has 12 heteroatoms. The molecule has 0 spiro atoms. The minimum atomic E-state index is -3.94. The van der Waals surface area contributed by atoms with Crippen LogP contribution in [-0.2, 0) is 10.0 Å². The zero-order valence-electron chi connectivity index (χ0n) is 20.1. The number of nitrogens with zero attached hydrogens (tertiary/aromatic N) is 1. The second-order valence-electron chi connectivity index (χ2n) is 8.08. The Morgan fingerprint density at radius 3 is 2.36 bits per heavy atom. The maximum atomic E-state index is 12.9. The summed E-state index contributed by atoms with van der Waals surface area (Å²) in [6, 6.07) is 19.8. The van der Waals surface area contributed by atoms with Gasteiger partial charge in [-0.2, -0.15) is 0 Å². The van der Waals surface area contributed by atoms with Crippen LogP contribution in [-0.4, -0.2) is 43.5 Å². The highest BCUT2D eigenvalue weighted by Crippen LogP contribution is 2.30. The molecule has 0 aliphatic rings. The lowest BCUT2D eigenvalue weighted by Crippen LogP contribution is -2.28. The topological polar surface area (TPSA) is 135 Å². The van der Waals surface area contributed by atoms with Gasteiger partial charge in [0.25, 0.3) is 5.91 Å². The van der Waals surface area contributed by atoms with Crippen LogP contribution >= 0.6 is 23.2 Å². The third kappa shape index (κ3) is 7.12. The number of anilines is 1. The first-order valence-corrected chi connectivity index (χ1v) is 13.7. The fourth-order valence-electron chi connectivity index (χ4n) is 3.49. The van der Waals surface area contributed by atoms with Gasteiger partial charge in [-0.3, -0.25) is 9.78 Å². The highest BCUT2D eigenvalue weighted by molar-refractivity contribution is 7.89. The summed E-state index contributed by atoms with van der Waals surface area (Å²) in [6.07, 6.45) is 1.63. The summed E-state index contributed by atoms with van der Waals surface area (Å²) in [5, 5.41) is 12.1. The standard InChI is InChI=1S/C27H21Cl2N3O6S/c28-23-11-6-18(15-22(23)25-3-1-2-12-30-25)32-26(33)21-10-9-20(16-24(21)29)39(36,37)31-13-14-38-19-7-4-17(5-8-19)27(34)35/h1-12,15-16,31H,13-14H2,(H,32,33)(H,34,35). The van der Waals surface area contributed by atoms with Gasteiger partial charge in [-0.05, 0) is 72.8 Å².